The van der Waals surface area contributed by atoms with Crippen LogP contribution < -0.4 is 0 Å². The van der Waals surface area contributed by atoms with Crippen molar-refractivity contribution in [3.8, 4) is 0 Å². The van der Waals surface area contributed by atoms with Crippen molar-refractivity contribution < 1.29 is 9.53 Å². The fourth-order valence-electron chi connectivity index (χ4n) is 1.21. The Bertz CT molecular complexity index is 294. The quantitative estimate of drug-likeness (QED) is 0.671. The van der Waals surface area contributed by atoms with Crippen molar-refractivity contribution in [2.45, 2.75) is 33.2 Å². The van der Waals surface area contributed by atoms with Crippen LogP contribution in [-0.4, -0.2) is 22.4 Å². The highest BCUT2D eigenvalue weighted by molar-refractivity contribution is 5.69. The Labute approximate surface area is 83.9 Å². The maximum atomic E-state index is 11.0. The van der Waals surface area contributed by atoms with Gasteiger partial charge in [-0.25, -0.2) is 0 Å². The Balaban J connectivity index is 2.18. The van der Waals surface area contributed by atoms with E-state index in [1.165, 1.54) is 0 Å². The Morgan fingerprint density at radius 2 is 2.43 bits per heavy atom. The van der Waals surface area contributed by atoms with Crippen LogP contribution in [0.1, 0.15) is 25.3 Å². The number of ether oxygens (including phenoxy) is 1. The third-order valence-electron chi connectivity index (χ3n) is 1.84. The number of carbonyl (C=O) groups excluding carboxylic acids is 1. The van der Waals surface area contributed by atoms with Crippen molar-refractivity contribution in [1.82, 2.24) is 9.78 Å². The molecule has 1 aromatic heterocycles. The third kappa shape index (κ3) is 3.60. The molecule has 1 heterocycles. The van der Waals surface area contributed by atoms with Gasteiger partial charge in [0.05, 0.1) is 12.8 Å². The minimum absolute atomic E-state index is 0.128. The lowest BCUT2D eigenvalue weighted by Gasteiger charge is -2.01. The summed E-state index contributed by atoms with van der Waals surface area (Å²) in [5.41, 5.74) is 1.14. The molecule has 0 aliphatic heterocycles. The summed E-state index contributed by atoms with van der Waals surface area (Å²) in [6.45, 7) is 5.04. The predicted molar refractivity (Wildman–Crippen MR) is 52.8 cm³/mol. The molecule has 0 saturated carbocycles. The van der Waals surface area contributed by atoms with E-state index in [2.05, 4.69) is 5.10 Å². The van der Waals surface area contributed by atoms with Crippen LogP contribution in [0.2, 0.25) is 0 Å². The van der Waals surface area contributed by atoms with Crippen molar-refractivity contribution in [3.63, 3.8) is 0 Å². The molecule has 0 fully saturated rings. The van der Waals surface area contributed by atoms with Gasteiger partial charge in [0.2, 0.25) is 0 Å². The molecule has 14 heavy (non-hydrogen) atoms. The highest BCUT2D eigenvalue weighted by Gasteiger charge is 2.01. The summed E-state index contributed by atoms with van der Waals surface area (Å²) in [5, 5.41) is 4.12. The second-order valence-corrected chi connectivity index (χ2v) is 3.19. The van der Waals surface area contributed by atoms with E-state index < -0.39 is 0 Å². The van der Waals surface area contributed by atoms with Crippen LogP contribution in [0.5, 0.6) is 0 Å². The largest absolute Gasteiger partial charge is 0.466 e. The van der Waals surface area contributed by atoms with Crippen LogP contribution in [0.25, 0.3) is 0 Å². The van der Waals surface area contributed by atoms with Gasteiger partial charge in [-0.1, -0.05) is 0 Å². The van der Waals surface area contributed by atoms with Crippen LogP contribution in [0.3, 0.4) is 0 Å². The Hall–Kier alpha value is -1.32. The molecular weight excluding hydrogens is 180 g/mol. The van der Waals surface area contributed by atoms with Gasteiger partial charge in [-0.2, -0.15) is 5.10 Å². The average molecular weight is 196 g/mol. The molecule has 0 spiro atoms. The van der Waals surface area contributed by atoms with Crippen LogP contribution >= 0.6 is 0 Å². The van der Waals surface area contributed by atoms with Gasteiger partial charge in [-0.15, -0.1) is 0 Å². The van der Waals surface area contributed by atoms with E-state index >= 15 is 0 Å². The maximum Gasteiger partial charge on any atom is 0.305 e. The summed E-state index contributed by atoms with van der Waals surface area (Å²) in [5.74, 6) is -0.128. The van der Waals surface area contributed by atoms with E-state index in [4.69, 9.17) is 4.74 Å². The first-order chi connectivity index (χ1) is 6.72. The Morgan fingerprint density at radius 1 is 1.64 bits per heavy atom. The predicted octanol–water partition coefficient (Wildman–Crippen LogP) is 1.53. The smallest absolute Gasteiger partial charge is 0.305 e. The number of aryl methyl sites for hydroxylation is 2. The topological polar surface area (TPSA) is 44.1 Å². The molecule has 0 aliphatic rings. The molecule has 0 N–H and O–H groups in total. The molecule has 1 aromatic rings. The summed E-state index contributed by atoms with van der Waals surface area (Å²) in [7, 11) is 0. The average Bonchev–Trinajstić information content (AvgIpc) is 2.52. The molecule has 0 aliphatic carbocycles. The van der Waals surface area contributed by atoms with Crippen molar-refractivity contribution in [1.29, 1.82) is 0 Å². The van der Waals surface area contributed by atoms with Crippen molar-refractivity contribution in [2.75, 3.05) is 6.61 Å². The number of esters is 1. The van der Waals surface area contributed by atoms with Crippen LogP contribution in [0.4, 0.5) is 0 Å². The minimum atomic E-state index is -0.128. The maximum absolute atomic E-state index is 11.0. The molecule has 4 heteroatoms. The number of carbonyl (C=O) groups is 1. The van der Waals surface area contributed by atoms with Gasteiger partial charge in [0.25, 0.3) is 0 Å². The zero-order valence-electron chi connectivity index (χ0n) is 8.69. The van der Waals surface area contributed by atoms with E-state index in [1.54, 1.807) is 0 Å². The molecule has 0 unspecified atom stereocenters. The number of rotatable bonds is 5. The van der Waals surface area contributed by atoms with E-state index in [0.29, 0.717) is 13.0 Å². The Morgan fingerprint density at radius 3 is 3.00 bits per heavy atom. The summed E-state index contributed by atoms with van der Waals surface area (Å²) in [6, 6.07) is 0. The molecule has 0 radical (unpaired) electrons. The monoisotopic (exact) mass is 196 g/mol. The highest BCUT2D eigenvalue weighted by Crippen LogP contribution is 1.99. The van der Waals surface area contributed by atoms with Gasteiger partial charge in [-0.3, -0.25) is 9.48 Å². The van der Waals surface area contributed by atoms with Crippen molar-refractivity contribution >= 4 is 5.97 Å². The fraction of sp³-hybridized carbons (Fsp3) is 0.600. The van der Waals surface area contributed by atoms with Crippen molar-refractivity contribution in [2.24, 2.45) is 0 Å². The van der Waals surface area contributed by atoms with Gasteiger partial charge in [0, 0.05) is 19.2 Å². The third-order valence-corrected chi connectivity index (χ3v) is 1.84. The molecule has 0 bridgehead atoms. The molecule has 0 atom stereocenters. The summed E-state index contributed by atoms with van der Waals surface area (Å²) in [4.78, 5) is 11.0. The molecule has 0 amide bonds. The summed E-state index contributed by atoms with van der Waals surface area (Å²) in [6.07, 6.45) is 5.02. The van der Waals surface area contributed by atoms with Gasteiger partial charge in [0.1, 0.15) is 0 Å². The number of aromatic nitrogens is 2. The van der Waals surface area contributed by atoms with Crippen LogP contribution in [-0.2, 0) is 16.1 Å². The molecule has 0 aromatic carbocycles. The summed E-state index contributed by atoms with van der Waals surface area (Å²) >= 11 is 0. The van der Waals surface area contributed by atoms with E-state index in [9.17, 15) is 4.79 Å². The van der Waals surface area contributed by atoms with Crippen molar-refractivity contribution in [3.05, 3.63) is 18.0 Å². The summed E-state index contributed by atoms with van der Waals surface area (Å²) < 4.78 is 6.66. The van der Waals surface area contributed by atoms with E-state index in [-0.39, 0.29) is 5.97 Å². The van der Waals surface area contributed by atoms with E-state index in [1.807, 2.05) is 30.9 Å². The normalized spacial score (nSPS) is 10.1. The van der Waals surface area contributed by atoms with Gasteiger partial charge in [0.15, 0.2) is 0 Å². The highest BCUT2D eigenvalue weighted by atomic mass is 16.5. The fourth-order valence-corrected chi connectivity index (χ4v) is 1.21. The lowest BCUT2D eigenvalue weighted by molar-refractivity contribution is -0.143. The molecular formula is C10H16N2O2. The lowest BCUT2D eigenvalue weighted by atomic mass is 10.3. The second-order valence-electron chi connectivity index (χ2n) is 3.19. The van der Waals surface area contributed by atoms with Gasteiger partial charge in [-0.05, 0) is 25.8 Å². The first-order valence-corrected chi connectivity index (χ1v) is 4.87. The molecule has 0 saturated heterocycles. The SMILES string of the molecule is CCOC(=O)CCCn1cc(C)cn1. The minimum Gasteiger partial charge on any atom is -0.466 e. The first kappa shape index (κ1) is 10.8. The number of hydrogen-bond acceptors (Lipinski definition) is 3. The van der Waals surface area contributed by atoms with Crippen LogP contribution in [0.15, 0.2) is 12.4 Å². The van der Waals surface area contributed by atoms with E-state index in [0.717, 1.165) is 18.5 Å². The first-order valence-electron chi connectivity index (χ1n) is 4.87. The van der Waals surface area contributed by atoms with Gasteiger partial charge < -0.3 is 4.74 Å². The zero-order chi connectivity index (χ0) is 10.4. The molecule has 4 nitrogen and oxygen atoms in total. The molecule has 1 rings (SSSR count). The molecule has 78 valence electrons. The number of nitrogens with zero attached hydrogens (tertiary/aromatic N) is 2. The second kappa shape index (κ2) is 5.42. The lowest BCUT2D eigenvalue weighted by Crippen LogP contribution is -2.06. The standard InChI is InChI=1S/C10H16N2O2/c1-3-14-10(13)5-4-6-12-8-9(2)7-11-12/h7-8H,3-6H2,1-2H3. The Kier molecular flexibility index (Phi) is 4.16. The van der Waals surface area contributed by atoms with Gasteiger partial charge >= 0.3 is 5.97 Å². The number of hydrogen-bond donors (Lipinski definition) is 0. The zero-order valence-corrected chi connectivity index (χ0v) is 8.69. The van der Waals surface area contributed by atoms with Crippen LogP contribution in [0, 0.1) is 6.92 Å².